The van der Waals surface area contributed by atoms with Crippen LogP contribution in [0, 0.1) is 24.2 Å². The van der Waals surface area contributed by atoms with Crippen molar-refractivity contribution in [2.24, 2.45) is 11.8 Å². The summed E-state index contributed by atoms with van der Waals surface area (Å²) in [5.41, 5.74) is -1.11. The molecule has 2 bridgehead atoms. The maximum absolute atomic E-state index is 13.1. The van der Waals surface area contributed by atoms with Crippen molar-refractivity contribution < 1.29 is 19.1 Å². The predicted molar refractivity (Wildman–Crippen MR) is 92.5 cm³/mol. The van der Waals surface area contributed by atoms with Crippen molar-refractivity contribution in [1.82, 2.24) is 15.5 Å². The Labute approximate surface area is 152 Å². The van der Waals surface area contributed by atoms with E-state index in [1.54, 1.807) is 12.2 Å². The zero-order valence-corrected chi connectivity index (χ0v) is 14.7. The summed E-state index contributed by atoms with van der Waals surface area (Å²) >= 11 is 0. The van der Waals surface area contributed by atoms with Gasteiger partial charge in [-0.25, -0.2) is 0 Å². The summed E-state index contributed by atoms with van der Waals surface area (Å²) in [6.45, 7) is 0.0160. The Morgan fingerprint density at radius 2 is 2.12 bits per heavy atom. The third-order valence-electron chi connectivity index (χ3n) is 6.13. The van der Waals surface area contributed by atoms with Crippen LogP contribution >= 0.6 is 0 Å². The quantitative estimate of drug-likeness (QED) is 0.528. The molecule has 138 valence electrons. The molecule has 4 rings (SSSR count). The van der Waals surface area contributed by atoms with Crippen molar-refractivity contribution in [3.63, 3.8) is 0 Å². The van der Waals surface area contributed by atoms with Crippen LogP contribution in [-0.2, 0) is 19.1 Å². The summed E-state index contributed by atoms with van der Waals surface area (Å²) in [4.78, 5) is 40.0. The molecule has 7 heteroatoms. The van der Waals surface area contributed by atoms with Crippen LogP contribution in [-0.4, -0.2) is 60.0 Å². The summed E-state index contributed by atoms with van der Waals surface area (Å²) in [5.74, 6) is 0.332. The highest BCUT2D eigenvalue weighted by Crippen LogP contribution is 2.54. The minimum Gasteiger partial charge on any atom is -0.359 e. The average Bonchev–Trinajstić information content (AvgIpc) is 3.37. The van der Waals surface area contributed by atoms with Crippen LogP contribution in [0.1, 0.15) is 25.7 Å². The molecular formula is C19H23N3O4. The Morgan fingerprint density at radius 1 is 1.38 bits per heavy atom. The minimum absolute atomic E-state index is 0.0160. The van der Waals surface area contributed by atoms with Crippen LogP contribution in [0.4, 0.5) is 0 Å². The number of hydrogen-bond donors (Lipinski definition) is 2. The third kappa shape index (κ3) is 2.21. The monoisotopic (exact) mass is 357 g/mol. The summed E-state index contributed by atoms with van der Waals surface area (Å²) in [5, 5.41) is 5.67. The van der Waals surface area contributed by atoms with Crippen molar-refractivity contribution in [1.29, 1.82) is 0 Å². The second-order valence-corrected chi connectivity index (χ2v) is 7.48. The summed E-state index contributed by atoms with van der Waals surface area (Å²) in [6, 6.07) is -0.717. The van der Waals surface area contributed by atoms with Gasteiger partial charge in [0.25, 0.3) is 0 Å². The van der Waals surface area contributed by atoms with Gasteiger partial charge >= 0.3 is 0 Å². The molecule has 1 saturated carbocycles. The number of fused-ring (bicyclic) bond motifs is 1. The Bertz CT molecular complexity index is 721. The molecule has 7 nitrogen and oxygen atoms in total. The second kappa shape index (κ2) is 6.13. The first-order chi connectivity index (χ1) is 12.5. The standard InChI is InChI=1S/C19H23N3O4/c1-3-10-22-15(17(24)21-11-6-4-5-7-11)19-9-8-12(26-19)13(16(23)20-2)14(19)18(22)25/h1,8-9,11-15H,4-7,10H2,2H3,(H,20,23)(H,21,24). The number of hydrogen-bond acceptors (Lipinski definition) is 4. The van der Waals surface area contributed by atoms with Crippen molar-refractivity contribution in [3.8, 4) is 12.3 Å². The number of rotatable bonds is 4. The highest BCUT2D eigenvalue weighted by atomic mass is 16.5. The fourth-order valence-electron chi connectivity index (χ4n) is 5.05. The lowest BCUT2D eigenvalue weighted by atomic mass is 9.74. The summed E-state index contributed by atoms with van der Waals surface area (Å²) < 4.78 is 6.10. The fourth-order valence-corrected chi connectivity index (χ4v) is 5.05. The third-order valence-corrected chi connectivity index (χ3v) is 6.13. The van der Waals surface area contributed by atoms with Gasteiger partial charge in [0.2, 0.25) is 17.7 Å². The van der Waals surface area contributed by atoms with Gasteiger partial charge in [-0.1, -0.05) is 30.9 Å². The number of amides is 3. The van der Waals surface area contributed by atoms with E-state index in [1.807, 2.05) is 0 Å². The molecule has 1 aliphatic carbocycles. The van der Waals surface area contributed by atoms with Gasteiger partial charge in [-0.05, 0) is 12.8 Å². The molecule has 0 aromatic rings. The van der Waals surface area contributed by atoms with Gasteiger partial charge in [0.05, 0.1) is 24.5 Å². The van der Waals surface area contributed by atoms with Crippen LogP contribution in [0.3, 0.4) is 0 Å². The second-order valence-electron chi connectivity index (χ2n) is 7.48. The van der Waals surface area contributed by atoms with Crippen LogP contribution in [0.2, 0.25) is 0 Å². The first-order valence-corrected chi connectivity index (χ1v) is 9.16. The molecule has 0 aromatic heterocycles. The summed E-state index contributed by atoms with van der Waals surface area (Å²) in [6.07, 6.45) is 12.6. The number of terminal acetylenes is 1. The highest BCUT2D eigenvalue weighted by molar-refractivity contribution is 6.00. The number of ether oxygens (including phenoxy) is 1. The van der Waals surface area contributed by atoms with Gasteiger partial charge < -0.3 is 20.3 Å². The molecule has 2 saturated heterocycles. The van der Waals surface area contributed by atoms with Gasteiger partial charge in [-0.2, -0.15) is 0 Å². The summed E-state index contributed by atoms with van der Waals surface area (Å²) in [7, 11) is 1.54. The maximum atomic E-state index is 13.1. The Hall–Kier alpha value is -2.33. The van der Waals surface area contributed by atoms with Crippen LogP contribution in [0.25, 0.3) is 0 Å². The predicted octanol–water partition coefficient (Wildman–Crippen LogP) is -0.425. The molecule has 3 fully saturated rings. The fraction of sp³-hybridized carbons (Fsp3) is 0.632. The molecule has 3 amide bonds. The Balaban J connectivity index is 1.69. The topological polar surface area (TPSA) is 87.7 Å². The minimum atomic E-state index is -1.11. The lowest BCUT2D eigenvalue weighted by Gasteiger charge is -2.32. The molecule has 3 heterocycles. The van der Waals surface area contributed by atoms with E-state index < -0.39 is 29.6 Å². The molecule has 26 heavy (non-hydrogen) atoms. The first kappa shape index (κ1) is 17.1. The SMILES string of the molecule is C#CCN1C(=O)C2C(C(=O)NC)C3C=CC2(O3)C1C(=O)NC1CCCC1. The molecule has 5 atom stereocenters. The number of carbonyl (C=O) groups excluding carboxylic acids is 3. The first-order valence-electron chi connectivity index (χ1n) is 9.16. The molecule has 2 N–H and O–H groups in total. The lowest BCUT2D eigenvalue weighted by molar-refractivity contribution is -0.141. The normalized spacial score (nSPS) is 37.7. The van der Waals surface area contributed by atoms with Gasteiger partial charge in [-0.3, -0.25) is 14.4 Å². The van der Waals surface area contributed by atoms with E-state index in [4.69, 9.17) is 11.2 Å². The van der Waals surface area contributed by atoms with Crippen LogP contribution < -0.4 is 10.6 Å². The van der Waals surface area contributed by atoms with E-state index in [0.29, 0.717) is 0 Å². The largest absolute Gasteiger partial charge is 0.359 e. The van der Waals surface area contributed by atoms with E-state index in [-0.39, 0.29) is 30.3 Å². The van der Waals surface area contributed by atoms with E-state index in [2.05, 4.69) is 16.6 Å². The lowest BCUT2D eigenvalue weighted by Crippen LogP contribution is -2.56. The van der Waals surface area contributed by atoms with Crippen molar-refractivity contribution in [3.05, 3.63) is 12.2 Å². The van der Waals surface area contributed by atoms with E-state index in [1.165, 1.54) is 11.9 Å². The molecule has 5 unspecified atom stereocenters. The Kier molecular flexibility index (Phi) is 4.03. The maximum Gasteiger partial charge on any atom is 0.246 e. The van der Waals surface area contributed by atoms with E-state index >= 15 is 0 Å². The van der Waals surface area contributed by atoms with Crippen molar-refractivity contribution in [2.45, 2.75) is 49.5 Å². The molecular weight excluding hydrogens is 334 g/mol. The molecule has 3 aliphatic heterocycles. The highest BCUT2D eigenvalue weighted by Gasteiger charge is 2.72. The zero-order valence-electron chi connectivity index (χ0n) is 14.7. The van der Waals surface area contributed by atoms with Crippen LogP contribution in [0.15, 0.2) is 12.2 Å². The number of nitrogens with one attached hydrogen (secondary N) is 2. The van der Waals surface area contributed by atoms with Crippen LogP contribution in [0.5, 0.6) is 0 Å². The number of likely N-dealkylation sites (tertiary alicyclic amines) is 1. The Morgan fingerprint density at radius 3 is 2.77 bits per heavy atom. The van der Waals surface area contributed by atoms with E-state index in [9.17, 15) is 14.4 Å². The van der Waals surface area contributed by atoms with E-state index in [0.717, 1.165) is 25.7 Å². The van der Waals surface area contributed by atoms with Crippen molar-refractivity contribution >= 4 is 17.7 Å². The van der Waals surface area contributed by atoms with Gasteiger partial charge in [0.15, 0.2) is 0 Å². The molecule has 0 aromatic carbocycles. The zero-order chi connectivity index (χ0) is 18.5. The molecule has 0 radical (unpaired) electrons. The molecule has 4 aliphatic rings. The van der Waals surface area contributed by atoms with Gasteiger partial charge in [-0.15, -0.1) is 6.42 Å². The van der Waals surface area contributed by atoms with Gasteiger partial charge in [0.1, 0.15) is 11.6 Å². The number of nitrogens with zero attached hydrogens (tertiary/aromatic N) is 1. The van der Waals surface area contributed by atoms with Crippen molar-refractivity contribution in [2.75, 3.05) is 13.6 Å². The average molecular weight is 357 g/mol. The van der Waals surface area contributed by atoms with Gasteiger partial charge in [0, 0.05) is 13.1 Å². The smallest absolute Gasteiger partial charge is 0.246 e. The molecule has 1 spiro atoms. The number of carbonyl (C=O) groups is 3.